The summed E-state index contributed by atoms with van der Waals surface area (Å²) in [6.07, 6.45) is 4.84. The van der Waals surface area contributed by atoms with Crippen molar-refractivity contribution in [3.63, 3.8) is 0 Å². The minimum Gasteiger partial charge on any atom is -0.334 e. The summed E-state index contributed by atoms with van der Waals surface area (Å²) in [6.45, 7) is 1.14. The molecule has 2 amide bonds. The number of nitrogens with zero attached hydrogens (tertiary/aromatic N) is 4. The van der Waals surface area contributed by atoms with Crippen LogP contribution in [0.15, 0.2) is 48.5 Å². The zero-order valence-electron chi connectivity index (χ0n) is 11.6. The van der Waals surface area contributed by atoms with Gasteiger partial charge in [-0.25, -0.2) is 19.4 Å². The molecule has 8 heteroatoms. The maximum Gasteiger partial charge on any atom is 0.321 e. The van der Waals surface area contributed by atoms with Crippen LogP contribution in [0.1, 0.15) is 11.1 Å². The summed E-state index contributed by atoms with van der Waals surface area (Å²) in [5.74, 6) is 0. The number of aromatic nitrogens is 4. The Morgan fingerprint density at radius 3 is 2.73 bits per heavy atom. The number of carbonyl (C=O) groups excluding carboxylic acids is 1. The molecule has 0 atom stereocenters. The van der Waals surface area contributed by atoms with Crippen LogP contribution in [0.4, 0.5) is 9.93 Å². The fraction of sp³-hybridized carbons (Fsp3) is 0.143. The lowest BCUT2D eigenvalue weighted by Gasteiger charge is -2.07. The van der Waals surface area contributed by atoms with Crippen LogP contribution in [-0.4, -0.2) is 25.8 Å². The molecular weight excluding hydrogens is 300 g/mol. The highest BCUT2D eigenvalue weighted by molar-refractivity contribution is 7.13. The summed E-state index contributed by atoms with van der Waals surface area (Å²) >= 11 is 1.38. The first-order valence-corrected chi connectivity index (χ1v) is 7.52. The van der Waals surface area contributed by atoms with Crippen LogP contribution in [0.3, 0.4) is 0 Å². The quantitative estimate of drug-likeness (QED) is 0.755. The second-order valence-electron chi connectivity index (χ2n) is 4.55. The van der Waals surface area contributed by atoms with Gasteiger partial charge in [0.1, 0.15) is 12.7 Å². The molecule has 0 bridgehead atoms. The highest BCUT2D eigenvalue weighted by Crippen LogP contribution is 2.10. The summed E-state index contributed by atoms with van der Waals surface area (Å²) in [7, 11) is 0. The minimum absolute atomic E-state index is 0.262. The molecule has 2 aromatic heterocycles. The summed E-state index contributed by atoms with van der Waals surface area (Å²) in [5.41, 5.74) is 2.15. The largest absolute Gasteiger partial charge is 0.334 e. The molecule has 0 aliphatic carbocycles. The van der Waals surface area contributed by atoms with Crippen LogP contribution >= 0.6 is 11.3 Å². The van der Waals surface area contributed by atoms with Gasteiger partial charge in [-0.1, -0.05) is 24.3 Å². The second-order valence-corrected chi connectivity index (χ2v) is 5.45. The lowest BCUT2D eigenvalue weighted by Crippen LogP contribution is -2.28. The van der Waals surface area contributed by atoms with Crippen LogP contribution in [0.2, 0.25) is 0 Å². The Morgan fingerprint density at radius 1 is 1.23 bits per heavy atom. The number of hydrogen-bond acceptors (Lipinski definition) is 5. The molecule has 112 valence electrons. The summed E-state index contributed by atoms with van der Waals surface area (Å²) in [5, 5.41) is 11.9. The van der Waals surface area contributed by atoms with Gasteiger partial charge in [-0.3, -0.25) is 5.32 Å². The predicted octanol–water partition coefficient (Wildman–Crippen LogP) is 2.10. The lowest BCUT2D eigenvalue weighted by atomic mass is 10.1. The molecule has 0 fully saturated rings. The van der Waals surface area contributed by atoms with E-state index in [1.165, 1.54) is 17.7 Å². The normalized spacial score (nSPS) is 10.4. The summed E-state index contributed by atoms with van der Waals surface area (Å²) in [4.78, 5) is 19.6. The van der Waals surface area contributed by atoms with Gasteiger partial charge in [0.05, 0.1) is 6.54 Å². The van der Waals surface area contributed by atoms with E-state index in [1.807, 2.05) is 29.6 Å². The average molecular weight is 314 g/mol. The number of hydrogen-bond donors (Lipinski definition) is 2. The highest BCUT2D eigenvalue weighted by atomic mass is 32.1. The molecule has 2 heterocycles. The minimum atomic E-state index is -0.262. The monoisotopic (exact) mass is 314 g/mol. The Labute approximate surface area is 131 Å². The number of benzene rings is 1. The van der Waals surface area contributed by atoms with Crippen molar-refractivity contribution in [2.24, 2.45) is 0 Å². The second kappa shape index (κ2) is 6.81. The van der Waals surface area contributed by atoms with Crippen LogP contribution in [0, 0.1) is 0 Å². The van der Waals surface area contributed by atoms with Gasteiger partial charge in [0, 0.05) is 18.1 Å². The molecule has 0 saturated heterocycles. The highest BCUT2D eigenvalue weighted by Gasteiger charge is 2.03. The molecular formula is C14H14N6OS. The number of nitrogens with one attached hydrogen (secondary N) is 2. The number of thiazole rings is 1. The molecule has 2 N–H and O–H groups in total. The smallest absolute Gasteiger partial charge is 0.321 e. The maximum absolute atomic E-state index is 11.7. The number of anilines is 1. The Bertz CT molecular complexity index is 708. The standard InChI is InChI=1S/C14H14N6OS/c21-13(19-14-16-5-6-22-14)17-7-11-1-3-12(4-2-11)8-20-10-15-9-18-20/h1-6,9-10H,7-8H2,(H2,16,17,19,21). The molecule has 0 unspecified atom stereocenters. The fourth-order valence-electron chi connectivity index (χ4n) is 1.87. The summed E-state index contributed by atoms with van der Waals surface area (Å²) in [6, 6.07) is 7.72. The van der Waals surface area contributed by atoms with Gasteiger partial charge < -0.3 is 5.32 Å². The van der Waals surface area contributed by atoms with Crippen molar-refractivity contribution in [1.82, 2.24) is 25.1 Å². The zero-order valence-corrected chi connectivity index (χ0v) is 12.5. The van der Waals surface area contributed by atoms with Crippen molar-refractivity contribution >= 4 is 22.5 Å². The van der Waals surface area contributed by atoms with Crippen LogP contribution in [0.25, 0.3) is 0 Å². The van der Waals surface area contributed by atoms with E-state index in [4.69, 9.17) is 0 Å². The van der Waals surface area contributed by atoms with Gasteiger partial charge in [-0.2, -0.15) is 5.10 Å². The zero-order chi connectivity index (χ0) is 15.2. The number of amides is 2. The van der Waals surface area contributed by atoms with Crippen molar-refractivity contribution in [3.05, 3.63) is 59.6 Å². The van der Waals surface area contributed by atoms with Crippen LogP contribution < -0.4 is 10.6 Å². The Kier molecular flexibility index (Phi) is 4.40. The van der Waals surface area contributed by atoms with Gasteiger partial charge in [0.25, 0.3) is 0 Å². The van der Waals surface area contributed by atoms with Crippen molar-refractivity contribution < 1.29 is 4.79 Å². The predicted molar refractivity (Wildman–Crippen MR) is 83.5 cm³/mol. The third kappa shape index (κ3) is 3.89. The Hall–Kier alpha value is -2.74. The molecule has 0 spiro atoms. The molecule has 3 aromatic rings. The van der Waals surface area contributed by atoms with Gasteiger partial charge in [-0.05, 0) is 11.1 Å². The van der Waals surface area contributed by atoms with Crippen molar-refractivity contribution in [2.45, 2.75) is 13.1 Å². The van der Waals surface area contributed by atoms with E-state index in [1.54, 1.807) is 17.2 Å². The molecule has 3 rings (SSSR count). The van der Waals surface area contributed by atoms with E-state index < -0.39 is 0 Å². The molecule has 1 aromatic carbocycles. The van der Waals surface area contributed by atoms with E-state index in [0.717, 1.165) is 11.1 Å². The van der Waals surface area contributed by atoms with Gasteiger partial charge in [-0.15, -0.1) is 11.3 Å². The molecule has 22 heavy (non-hydrogen) atoms. The number of rotatable bonds is 5. The van der Waals surface area contributed by atoms with Gasteiger partial charge in [0.15, 0.2) is 5.13 Å². The molecule has 7 nitrogen and oxygen atoms in total. The summed E-state index contributed by atoms with van der Waals surface area (Å²) < 4.78 is 1.76. The first kappa shape index (κ1) is 14.2. The Morgan fingerprint density at radius 2 is 2.05 bits per heavy atom. The van der Waals surface area contributed by atoms with E-state index in [0.29, 0.717) is 18.2 Å². The first-order valence-electron chi connectivity index (χ1n) is 6.64. The van der Waals surface area contributed by atoms with Crippen molar-refractivity contribution in [3.8, 4) is 0 Å². The lowest BCUT2D eigenvalue weighted by molar-refractivity contribution is 0.251. The number of urea groups is 1. The van der Waals surface area contributed by atoms with Crippen LogP contribution in [0.5, 0.6) is 0 Å². The molecule has 0 saturated carbocycles. The van der Waals surface area contributed by atoms with Crippen molar-refractivity contribution in [2.75, 3.05) is 5.32 Å². The average Bonchev–Trinajstić information content (AvgIpc) is 3.20. The van der Waals surface area contributed by atoms with Crippen LogP contribution in [-0.2, 0) is 13.1 Å². The topological polar surface area (TPSA) is 84.7 Å². The van der Waals surface area contributed by atoms with Crippen molar-refractivity contribution in [1.29, 1.82) is 0 Å². The Balaban J connectivity index is 1.49. The SMILES string of the molecule is O=C(NCc1ccc(Cn2cncn2)cc1)Nc1nccs1. The van der Waals surface area contributed by atoms with Gasteiger partial charge >= 0.3 is 6.03 Å². The van der Waals surface area contributed by atoms with E-state index in [-0.39, 0.29) is 6.03 Å². The van der Waals surface area contributed by atoms with E-state index >= 15 is 0 Å². The molecule has 0 radical (unpaired) electrons. The maximum atomic E-state index is 11.7. The third-order valence-electron chi connectivity index (χ3n) is 2.94. The van der Waals surface area contributed by atoms with E-state index in [2.05, 4.69) is 25.7 Å². The first-order chi connectivity index (χ1) is 10.8. The molecule has 0 aliphatic heterocycles. The molecule has 0 aliphatic rings. The number of carbonyl (C=O) groups is 1. The van der Waals surface area contributed by atoms with Gasteiger partial charge in [0.2, 0.25) is 0 Å². The fourth-order valence-corrected chi connectivity index (χ4v) is 2.40. The third-order valence-corrected chi connectivity index (χ3v) is 3.63. The van der Waals surface area contributed by atoms with E-state index in [9.17, 15) is 4.79 Å².